The zero-order valence-corrected chi connectivity index (χ0v) is 8.31. The van der Waals surface area contributed by atoms with Gasteiger partial charge in [-0.1, -0.05) is 0 Å². The first-order valence-electron chi connectivity index (χ1n) is 4.39. The van der Waals surface area contributed by atoms with Crippen LogP contribution in [0, 0.1) is 18.3 Å². The molecule has 78 valence electrons. The third kappa shape index (κ3) is 1.26. The monoisotopic (exact) mass is 214 g/mol. The van der Waals surface area contributed by atoms with Crippen molar-refractivity contribution in [2.24, 2.45) is 9.98 Å². The molecule has 1 aromatic carbocycles. The molecule has 0 saturated heterocycles. The molecule has 0 aliphatic carbocycles. The van der Waals surface area contributed by atoms with Gasteiger partial charge in [0, 0.05) is 5.69 Å². The van der Waals surface area contributed by atoms with Gasteiger partial charge in [-0.05, 0) is 18.6 Å². The van der Waals surface area contributed by atoms with Crippen molar-refractivity contribution >= 4 is 17.5 Å². The fourth-order valence-electron chi connectivity index (χ4n) is 1.42. The Morgan fingerprint density at radius 1 is 1.31 bits per heavy atom. The van der Waals surface area contributed by atoms with Crippen molar-refractivity contribution in [2.75, 3.05) is 5.73 Å². The lowest BCUT2D eigenvalue weighted by Gasteiger charge is -2.04. The van der Waals surface area contributed by atoms with Crippen LogP contribution in [0.15, 0.2) is 16.1 Å². The van der Waals surface area contributed by atoms with Crippen molar-refractivity contribution in [3.8, 4) is 6.07 Å². The lowest BCUT2D eigenvalue weighted by Crippen LogP contribution is -2.37. The van der Waals surface area contributed by atoms with Crippen LogP contribution in [0.4, 0.5) is 5.69 Å². The van der Waals surface area contributed by atoms with Gasteiger partial charge in [-0.3, -0.25) is 9.59 Å². The first kappa shape index (κ1) is 9.98. The molecule has 6 nitrogen and oxygen atoms in total. The molecule has 1 aliphatic heterocycles. The normalized spacial score (nSPS) is 13.5. The van der Waals surface area contributed by atoms with E-state index < -0.39 is 11.8 Å². The second kappa shape index (κ2) is 3.24. The van der Waals surface area contributed by atoms with E-state index in [2.05, 4.69) is 9.98 Å². The summed E-state index contributed by atoms with van der Waals surface area (Å²) in [6.07, 6.45) is 0. The average molecular weight is 214 g/mol. The number of benzene rings is 1. The number of nitrogens with two attached hydrogens (primary N) is 1. The fraction of sp³-hybridized carbons (Fsp3) is 0.100. The van der Waals surface area contributed by atoms with Gasteiger partial charge in [0.15, 0.2) is 0 Å². The number of nitrogens with zero attached hydrogens (tertiary/aromatic N) is 3. The molecule has 0 spiro atoms. The molecule has 2 amide bonds. The summed E-state index contributed by atoms with van der Waals surface area (Å²) in [6.45, 7) is 1.64. The van der Waals surface area contributed by atoms with Crippen LogP contribution in [0.5, 0.6) is 0 Å². The first-order chi connectivity index (χ1) is 7.54. The Kier molecular flexibility index (Phi) is 2.02. The minimum atomic E-state index is -0.965. The molecule has 16 heavy (non-hydrogen) atoms. The van der Waals surface area contributed by atoms with Gasteiger partial charge in [0.25, 0.3) is 0 Å². The number of nitriles is 1. The second-order valence-electron chi connectivity index (χ2n) is 3.28. The average Bonchev–Trinajstić information content (AvgIpc) is 2.24. The van der Waals surface area contributed by atoms with Crippen molar-refractivity contribution < 1.29 is 9.59 Å². The van der Waals surface area contributed by atoms with Crippen LogP contribution in [-0.2, 0) is 9.59 Å². The van der Waals surface area contributed by atoms with Crippen molar-refractivity contribution in [3.63, 3.8) is 0 Å². The molecule has 2 rings (SSSR count). The number of carbonyl (C=O) groups excluding carboxylic acids is 2. The standard InChI is InChI=1S/C10H6N4O2/c1-4-5(3-11)8-7(2-6(4)12)13-9(15)10(16)14-8/h2H,12H2,1H3. The van der Waals surface area contributed by atoms with E-state index >= 15 is 0 Å². The number of carbonyl (C=O) groups is 2. The van der Waals surface area contributed by atoms with Crippen molar-refractivity contribution in [1.82, 2.24) is 0 Å². The van der Waals surface area contributed by atoms with Gasteiger partial charge < -0.3 is 5.73 Å². The quantitative estimate of drug-likeness (QED) is 0.430. The topological polar surface area (TPSA) is 109 Å². The van der Waals surface area contributed by atoms with Gasteiger partial charge in [0.05, 0.1) is 10.9 Å². The Balaban J connectivity index is 3.03. The van der Waals surface area contributed by atoms with Gasteiger partial charge in [-0.15, -0.1) is 0 Å². The zero-order valence-electron chi connectivity index (χ0n) is 8.31. The molecule has 1 aliphatic rings. The molecule has 0 atom stereocenters. The summed E-state index contributed by atoms with van der Waals surface area (Å²) < 4.78 is 0. The smallest absolute Gasteiger partial charge is 0.338 e. The highest BCUT2D eigenvalue weighted by atomic mass is 16.2. The Morgan fingerprint density at radius 3 is 2.56 bits per heavy atom. The molecule has 0 aromatic heterocycles. The van der Waals surface area contributed by atoms with Crippen LogP contribution in [0.2, 0.25) is 0 Å². The van der Waals surface area contributed by atoms with Crippen molar-refractivity contribution in [2.45, 2.75) is 6.92 Å². The van der Waals surface area contributed by atoms with E-state index in [0.29, 0.717) is 11.3 Å². The van der Waals surface area contributed by atoms with E-state index in [0.717, 1.165) is 0 Å². The molecular formula is C10H6N4O2. The van der Waals surface area contributed by atoms with Crippen LogP contribution in [0.1, 0.15) is 11.1 Å². The maximum atomic E-state index is 11.1. The molecule has 6 heteroatoms. The summed E-state index contributed by atoms with van der Waals surface area (Å²) in [4.78, 5) is 29.2. The number of amides is 2. The van der Waals surface area contributed by atoms with Crippen LogP contribution < -0.4 is 16.4 Å². The minimum Gasteiger partial charge on any atom is -0.398 e. The molecule has 0 radical (unpaired) electrons. The third-order valence-corrected chi connectivity index (χ3v) is 2.31. The third-order valence-electron chi connectivity index (χ3n) is 2.31. The predicted molar refractivity (Wildman–Crippen MR) is 52.6 cm³/mol. The number of fused-ring (bicyclic) bond motifs is 1. The van der Waals surface area contributed by atoms with Crippen LogP contribution in [-0.4, -0.2) is 11.8 Å². The molecule has 0 saturated carbocycles. The Hall–Kier alpha value is -2.55. The largest absolute Gasteiger partial charge is 0.398 e. The Labute approximate surface area is 89.7 Å². The summed E-state index contributed by atoms with van der Waals surface area (Å²) >= 11 is 0. The molecular weight excluding hydrogens is 208 g/mol. The fourth-order valence-corrected chi connectivity index (χ4v) is 1.42. The van der Waals surface area contributed by atoms with E-state index in [1.165, 1.54) is 6.07 Å². The maximum absolute atomic E-state index is 11.1. The molecule has 1 heterocycles. The lowest BCUT2D eigenvalue weighted by atomic mass is 10.1. The molecule has 0 unspecified atom stereocenters. The van der Waals surface area contributed by atoms with Gasteiger partial charge >= 0.3 is 11.8 Å². The van der Waals surface area contributed by atoms with Crippen LogP contribution in [0.25, 0.3) is 0 Å². The predicted octanol–water partition coefficient (Wildman–Crippen LogP) is -1.25. The number of nitrogen functional groups attached to an aromatic ring is 1. The van der Waals surface area contributed by atoms with E-state index in [1.807, 2.05) is 6.07 Å². The van der Waals surface area contributed by atoms with Gasteiger partial charge in [-0.25, -0.2) is 9.98 Å². The highest BCUT2D eigenvalue weighted by Gasteiger charge is 2.18. The van der Waals surface area contributed by atoms with Crippen LogP contribution in [0.3, 0.4) is 0 Å². The van der Waals surface area contributed by atoms with Gasteiger partial charge in [0.2, 0.25) is 0 Å². The number of hydrogen-bond donors (Lipinski definition) is 1. The van der Waals surface area contributed by atoms with E-state index in [1.54, 1.807) is 6.92 Å². The van der Waals surface area contributed by atoms with Gasteiger partial charge in [0.1, 0.15) is 11.4 Å². The van der Waals surface area contributed by atoms with E-state index in [-0.39, 0.29) is 16.3 Å². The van der Waals surface area contributed by atoms with E-state index in [4.69, 9.17) is 11.0 Å². The number of anilines is 1. The second-order valence-corrected chi connectivity index (χ2v) is 3.28. The number of hydrogen-bond acceptors (Lipinski definition) is 4. The maximum Gasteiger partial charge on any atom is 0.338 e. The van der Waals surface area contributed by atoms with Crippen molar-refractivity contribution in [1.29, 1.82) is 5.26 Å². The van der Waals surface area contributed by atoms with Crippen LogP contribution >= 0.6 is 0 Å². The van der Waals surface area contributed by atoms with E-state index in [9.17, 15) is 9.59 Å². The summed E-state index contributed by atoms with van der Waals surface area (Å²) in [5.74, 6) is -1.91. The Bertz CT molecular complexity index is 682. The lowest BCUT2D eigenvalue weighted by molar-refractivity contribution is -0.135. The summed E-state index contributed by atoms with van der Waals surface area (Å²) in [5.41, 5.74) is 6.71. The summed E-state index contributed by atoms with van der Waals surface area (Å²) in [7, 11) is 0. The highest BCUT2D eigenvalue weighted by Crippen LogP contribution is 2.09. The summed E-state index contributed by atoms with van der Waals surface area (Å²) in [5, 5.41) is 9.24. The molecule has 0 fully saturated rings. The number of rotatable bonds is 0. The van der Waals surface area contributed by atoms with Crippen molar-refractivity contribution in [3.05, 3.63) is 27.9 Å². The molecule has 0 bridgehead atoms. The Morgan fingerprint density at radius 2 is 1.94 bits per heavy atom. The highest BCUT2D eigenvalue weighted by molar-refractivity contribution is 6.36. The molecule has 2 N–H and O–H groups in total. The molecule has 1 aromatic rings. The SMILES string of the molecule is Cc1c(N)cc2c(c1C#N)=NC(=O)C(=O)N=2. The minimum absolute atomic E-state index is 0.124. The first-order valence-corrected chi connectivity index (χ1v) is 4.39. The summed E-state index contributed by atoms with van der Waals surface area (Å²) in [6, 6.07) is 3.33. The van der Waals surface area contributed by atoms with Gasteiger partial charge in [-0.2, -0.15) is 5.26 Å². The zero-order chi connectivity index (χ0) is 11.9.